The third-order valence-electron chi connectivity index (χ3n) is 8.20. The first-order chi connectivity index (χ1) is 20.4. The summed E-state index contributed by atoms with van der Waals surface area (Å²) in [6, 6.07) is 4.03. The standard InChI is InChI=1S/C30H40N6O7/c1-6-7-8-23(27(39)31-20-9-10-21-19(4)22(16-26(37)38)28(40)43-24(21)15-20)36-17-25(33-34-36)30(5,18(2)3)32-29(41)35-11-13-42-14-12-35/h9-10,15,17-18,23H,6-8,11-14,16H2,1-5H3,(H,31,39)(H,32,41)(H,37,38)/t23-,30-/m0/s1. The molecule has 0 bridgehead atoms. The zero-order valence-corrected chi connectivity index (χ0v) is 25.3. The molecule has 0 saturated carbocycles. The average Bonchev–Trinajstić information content (AvgIpc) is 3.46. The van der Waals surface area contributed by atoms with Gasteiger partial charge < -0.3 is 29.8 Å². The highest BCUT2D eigenvalue weighted by Gasteiger charge is 2.37. The van der Waals surface area contributed by atoms with Crippen LogP contribution in [0.25, 0.3) is 11.0 Å². The summed E-state index contributed by atoms with van der Waals surface area (Å²) in [4.78, 5) is 52.0. The number of urea groups is 1. The third kappa shape index (κ3) is 7.04. The predicted octanol–water partition coefficient (Wildman–Crippen LogP) is 3.60. The maximum atomic E-state index is 13.6. The maximum absolute atomic E-state index is 13.6. The van der Waals surface area contributed by atoms with E-state index >= 15 is 0 Å². The molecule has 3 N–H and O–H groups in total. The van der Waals surface area contributed by atoms with E-state index in [4.69, 9.17) is 14.3 Å². The molecule has 1 fully saturated rings. The van der Waals surface area contributed by atoms with Crippen LogP contribution in [0.5, 0.6) is 0 Å². The first-order valence-electron chi connectivity index (χ1n) is 14.6. The smallest absolute Gasteiger partial charge is 0.340 e. The molecule has 1 saturated heterocycles. The van der Waals surface area contributed by atoms with Crippen molar-refractivity contribution >= 4 is 34.6 Å². The zero-order valence-electron chi connectivity index (χ0n) is 25.3. The summed E-state index contributed by atoms with van der Waals surface area (Å²) >= 11 is 0. The Morgan fingerprint density at radius 3 is 2.56 bits per heavy atom. The Morgan fingerprint density at radius 1 is 1.19 bits per heavy atom. The predicted molar refractivity (Wildman–Crippen MR) is 159 cm³/mol. The largest absolute Gasteiger partial charge is 0.481 e. The molecule has 13 heteroatoms. The molecule has 1 aliphatic rings. The molecule has 0 unspecified atom stereocenters. The number of benzene rings is 1. The number of anilines is 1. The van der Waals surface area contributed by atoms with Gasteiger partial charge in [-0.1, -0.05) is 38.8 Å². The molecule has 3 heterocycles. The second-order valence-corrected chi connectivity index (χ2v) is 11.4. The highest BCUT2D eigenvalue weighted by molar-refractivity contribution is 5.96. The van der Waals surface area contributed by atoms with E-state index in [-0.39, 0.29) is 29.0 Å². The van der Waals surface area contributed by atoms with Gasteiger partial charge in [0.05, 0.1) is 36.9 Å². The van der Waals surface area contributed by atoms with Crippen molar-refractivity contribution in [2.45, 2.75) is 71.9 Å². The molecule has 0 aliphatic carbocycles. The Morgan fingerprint density at radius 2 is 1.91 bits per heavy atom. The minimum absolute atomic E-state index is 0.0303. The second kappa shape index (κ2) is 13.4. The molecule has 43 heavy (non-hydrogen) atoms. The minimum atomic E-state index is -1.12. The molecule has 3 aromatic rings. The lowest BCUT2D eigenvalue weighted by molar-refractivity contribution is -0.136. The number of hydrogen-bond donors (Lipinski definition) is 3. The van der Waals surface area contributed by atoms with Crippen molar-refractivity contribution in [2.24, 2.45) is 5.92 Å². The van der Waals surface area contributed by atoms with Gasteiger partial charge in [0, 0.05) is 30.2 Å². The zero-order chi connectivity index (χ0) is 31.3. The second-order valence-electron chi connectivity index (χ2n) is 11.4. The lowest BCUT2D eigenvalue weighted by Crippen LogP contribution is -2.54. The van der Waals surface area contributed by atoms with Crippen LogP contribution in [0.4, 0.5) is 10.5 Å². The van der Waals surface area contributed by atoms with Crippen molar-refractivity contribution in [3.8, 4) is 0 Å². The molecular weight excluding hydrogens is 556 g/mol. The van der Waals surface area contributed by atoms with Gasteiger partial charge in [-0.05, 0) is 43.9 Å². The minimum Gasteiger partial charge on any atom is -0.481 e. The van der Waals surface area contributed by atoms with Crippen molar-refractivity contribution in [1.82, 2.24) is 25.2 Å². The van der Waals surface area contributed by atoms with E-state index in [1.165, 1.54) is 4.68 Å². The number of ether oxygens (including phenoxy) is 1. The van der Waals surface area contributed by atoms with E-state index in [0.717, 1.165) is 12.8 Å². The van der Waals surface area contributed by atoms with Gasteiger partial charge in [-0.2, -0.15) is 0 Å². The number of fused-ring (bicyclic) bond motifs is 1. The van der Waals surface area contributed by atoms with Gasteiger partial charge in [0.25, 0.3) is 0 Å². The monoisotopic (exact) mass is 596 g/mol. The fourth-order valence-electron chi connectivity index (χ4n) is 5.07. The van der Waals surface area contributed by atoms with Crippen molar-refractivity contribution < 1.29 is 28.6 Å². The SMILES string of the molecule is CCCC[C@@H](C(=O)Nc1ccc2c(C)c(CC(=O)O)c(=O)oc2c1)n1cc([C@@](C)(NC(=O)N2CCOCC2)C(C)C)nn1. The number of nitrogens with zero attached hydrogens (tertiary/aromatic N) is 4. The first-order valence-corrected chi connectivity index (χ1v) is 14.6. The molecule has 2 aromatic heterocycles. The number of carboxylic acids is 1. The molecule has 13 nitrogen and oxygen atoms in total. The van der Waals surface area contributed by atoms with Crippen molar-refractivity contribution in [2.75, 3.05) is 31.6 Å². The Bertz CT molecular complexity index is 1540. The van der Waals surface area contributed by atoms with Gasteiger partial charge >= 0.3 is 17.6 Å². The van der Waals surface area contributed by atoms with E-state index in [9.17, 15) is 19.2 Å². The van der Waals surface area contributed by atoms with Gasteiger partial charge in [0.2, 0.25) is 5.91 Å². The van der Waals surface area contributed by atoms with Crippen LogP contribution >= 0.6 is 0 Å². The summed E-state index contributed by atoms with van der Waals surface area (Å²) in [5, 5.41) is 24.5. The number of hydrogen-bond acceptors (Lipinski definition) is 8. The normalized spacial score (nSPS) is 15.7. The lowest BCUT2D eigenvalue weighted by atomic mass is 9.85. The highest BCUT2D eigenvalue weighted by atomic mass is 16.5. The topological polar surface area (TPSA) is 169 Å². The quantitative estimate of drug-likeness (QED) is 0.280. The fraction of sp³-hybridized carbons (Fsp3) is 0.533. The third-order valence-corrected chi connectivity index (χ3v) is 8.20. The lowest BCUT2D eigenvalue weighted by Gasteiger charge is -2.36. The number of rotatable bonds is 11. The summed E-state index contributed by atoms with van der Waals surface area (Å²) in [5.41, 5.74) is 0.250. The number of aryl methyl sites for hydroxylation is 1. The number of carbonyl (C=O) groups is 3. The van der Waals surface area contributed by atoms with Crippen LogP contribution in [0.1, 0.15) is 69.8 Å². The van der Waals surface area contributed by atoms with Gasteiger partial charge in [0.1, 0.15) is 17.3 Å². The van der Waals surface area contributed by atoms with Crippen LogP contribution in [-0.2, 0) is 26.3 Å². The summed E-state index contributed by atoms with van der Waals surface area (Å²) in [7, 11) is 0. The van der Waals surface area contributed by atoms with Crippen LogP contribution < -0.4 is 16.3 Å². The number of amides is 3. The number of aliphatic carboxylic acids is 1. The maximum Gasteiger partial charge on any atom is 0.340 e. The van der Waals surface area contributed by atoms with E-state index < -0.39 is 29.6 Å². The Hall–Kier alpha value is -4.26. The summed E-state index contributed by atoms with van der Waals surface area (Å²) in [6.07, 6.45) is 3.41. The number of carbonyl (C=O) groups excluding carboxylic acids is 2. The van der Waals surface area contributed by atoms with Gasteiger partial charge in [-0.15, -0.1) is 5.10 Å². The Labute approximate surface area is 249 Å². The Balaban J connectivity index is 1.58. The molecule has 1 aliphatic heterocycles. The van der Waals surface area contributed by atoms with Gasteiger partial charge in [-0.3, -0.25) is 9.59 Å². The fourth-order valence-corrected chi connectivity index (χ4v) is 5.07. The van der Waals surface area contributed by atoms with Crippen LogP contribution in [0.15, 0.2) is 33.6 Å². The molecule has 4 rings (SSSR count). The van der Waals surface area contributed by atoms with Gasteiger partial charge in [0.15, 0.2) is 0 Å². The molecule has 2 atom stereocenters. The number of carboxylic acid groups (broad SMARTS) is 1. The Kier molecular flexibility index (Phi) is 9.84. The number of nitrogens with one attached hydrogen (secondary N) is 2. The number of unbranched alkanes of at least 4 members (excludes halogenated alkanes) is 1. The molecule has 0 spiro atoms. The van der Waals surface area contributed by atoms with Crippen LogP contribution in [0.3, 0.4) is 0 Å². The van der Waals surface area contributed by atoms with Crippen molar-refractivity contribution in [3.63, 3.8) is 0 Å². The average molecular weight is 597 g/mol. The van der Waals surface area contributed by atoms with E-state index in [2.05, 4.69) is 20.9 Å². The molecule has 3 amide bonds. The van der Waals surface area contributed by atoms with Crippen LogP contribution in [0, 0.1) is 12.8 Å². The van der Waals surface area contributed by atoms with Crippen molar-refractivity contribution in [1.29, 1.82) is 0 Å². The van der Waals surface area contributed by atoms with Crippen molar-refractivity contribution in [3.05, 3.63) is 51.6 Å². The number of morpholine rings is 1. The summed E-state index contributed by atoms with van der Waals surface area (Å²) in [6.45, 7) is 11.6. The molecule has 232 valence electrons. The van der Waals surface area contributed by atoms with Crippen LogP contribution in [0.2, 0.25) is 0 Å². The van der Waals surface area contributed by atoms with E-state index in [1.54, 1.807) is 36.2 Å². The summed E-state index contributed by atoms with van der Waals surface area (Å²) in [5.74, 6) is -1.48. The summed E-state index contributed by atoms with van der Waals surface area (Å²) < 4.78 is 12.3. The van der Waals surface area contributed by atoms with E-state index in [1.807, 2.05) is 27.7 Å². The highest BCUT2D eigenvalue weighted by Crippen LogP contribution is 2.30. The van der Waals surface area contributed by atoms with Crippen LogP contribution in [-0.4, -0.2) is 69.2 Å². The number of aromatic nitrogens is 3. The van der Waals surface area contributed by atoms with E-state index in [0.29, 0.717) is 55.1 Å². The molecular formula is C30H40N6O7. The first kappa shape index (κ1) is 31.7. The molecule has 1 aromatic carbocycles. The molecule has 0 radical (unpaired) electrons. The van der Waals surface area contributed by atoms with Gasteiger partial charge in [-0.25, -0.2) is 14.3 Å².